The predicted molar refractivity (Wildman–Crippen MR) is 99.6 cm³/mol. The number of carbonyl (C=O) groups is 2. The number of hydrogen-bond acceptors (Lipinski definition) is 3. The summed E-state index contributed by atoms with van der Waals surface area (Å²) in [5, 5.41) is 5.97. The van der Waals surface area contributed by atoms with Crippen LogP contribution >= 0.6 is 0 Å². The van der Waals surface area contributed by atoms with Crippen LogP contribution in [0.5, 0.6) is 0 Å². The maximum absolute atomic E-state index is 13.5. The molecule has 146 valence electrons. The fourth-order valence-corrected chi connectivity index (χ4v) is 3.94. The van der Waals surface area contributed by atoms with Gasteiger partial charge in [-0.3, -0.25) is 9.59 Å². The summed E-state index contributed by atoms with van der Waals surface area (Å²) in [5.74, 6) is -1.22. The lowest BCUT2D eigenvalue weighted by Gasteiger charge is -2.30. The molecule has 0 radical (unpaired) electrons. The number of likely N-dealkylation sites (tertiary alicyclic amines) is 1. The van der Waals surface area contributed by atoms with Gasteiger partial charge in [-0.25, -0.2) is 8.78 Å². The first kappa shape index (κ1) is 18.6. The SMILES string of the molecule is O=C(CN1CCC(c2ccc(F)cc2)(c2ccc(F)cc2)C1=O)NC1CNC1. The van der Waals surface area contributed by atoms with E-state index in [1.165, 1.54) is 29.2 Å². The molecule has 2 aliphatic rings. The van der Waals surface area contributed by atoms with Gasteiger partial charge in [-0.15, -0.1) is 0 Å². The summed E-state index contributed by atoms with van der Waals surface area (Å²) in [6.07, 6.45) is 0.432. The average molecular weight is 385 g/mol. The quantitative estimate of drug-likeness (QED) is 0.822. The van der Waals surface area contributed by atoms with Gasteiger partial charge in [0.2, 0.25) is 11.8 Å². The van der Waals surface area contributed by atoms with Crippen LogP contribution in [-0.4, -0.2) is 48.9 Å². The fraction of sp³-hybridized carbons (Fsp3) is 0.333. The maximum Gasteiger partial charge on any atom is 0.239 e. The van der Waals surface area contributed by atoms with Crippen LogP contribution in [0.3, 0.4) is 0 Å². The number of nitrogens with one attached hydrogen (secondary N) is 2. The summed E-state index contributed by atoms with van der Waals surface area (Å²) in [7, 11) is 0. The number of carbonyl (C=O) groups excluding carboxylic acids is 2. The van der Waals surface area contributed by atoms with Gasteiger partial charge in [-0.2, -0.15) is 0 Å². The minimum absolute atomic E-state index is 0.0283. The molecule has 5 nitrogen and oxygen atoms in total. The van der Waals surface area contributed by atoms with Gasteiger partial charge >= 0.3 is 0 Å². The van der Waals surface area contributed by atoms with Crippen molar-refractivity contribution in [3.63, 3.8) is 0 Å². The van der Waals surface area contributed by atoms with Crippen LogP contribution in [0.15, 0.2) is 48.5 Å². The number of nitrogens with zero attached hydrogens (tertiary/aromatic N) is 1. The molecule has 0 aliphatic carbocycles. The molecule has 2 N–H and O–H groups in total. The van der Waals surface area contributed by atoms with E-state index in [1.54, 1.807) is 24.3 Å². The topological polar surface area (TPSA) is 61.4 Å². The summed E-state index contributed by atoms with van der Waals surface area (Å²) in [6, 6.07) is 11.7. The molecule has 2 aromatic carbocycles. The zero-order valence-corrected chi connectivity index (χ0v) is 15.3. The molecular formula is C21H21F2N3O2. The van der Waals surface area contributed by atoms with Gasteiger partial charge in [0.1, 0.15) is 17.0 Å². The second-order valence-electron chi connectivity index (χ2n) is 7.32. The predicted octanol–water partition coefficient (Wildman–Crippen LogP) is 1.57. The van der Waals surface area contributed by atoms with E-state index in [9.17, 15) is 18.4 Å². The first-order valence-corrected chi connectivity index (χ1v) is 9.30. The van der Waals surface area contributed by atoms with Crippen molar-refractivity contribution in [2.24, 2.45) is 0 Å². The molecule has 0 bridgehead atoms. The third-order valence-electron chi connectivity index (χ3n) is 5.56. The van der Waals surface area contributed by atoms with Crippen LogP contribution in [0.1, 0.15) is 17.5 Å². The van der Waals surface area contributed by atoms with Crippen LogP contribution in [0.25, 0.3) is 0 Å². The van der Waals surface area contributed by atoms with Crippen LogP contribution in [-0.2, 0) is 15.0 Å². The minimum atomic E-state index is -1.06. The Balaban J connectivity index is 1.64. The number of benzene rings is 2. The summed E-state index contributed by atoms with van der Waals surface area (Å²) >= 11 is 0. The highest BCUT2D eigenvalue weighted by Crippen LogP contribution is 2.42. The maximum atomic E-state index is 13.5. The number of amides is 2. The molecule has 2 fully saturated rings. The van der Waals surface area contributed by atoms with Gasteiger partial charge in [0.15, 0.2) is 0 Å². The third-order valence-corrected chi connectivity index (χ3v) is 5.56. The van der Waals surface area contributed by atoms with Crippen molar-refractivity contribution < 1.29 is 18.4 Å². The van der Waals surface area contributed by atoms with Crippen molar-refractivity contribution >= 4 is 11.8 Å². The Labute approximate surface area is 161 Å². The molecule has 0 aromatic heterocycles. The Bertz CT molecular complexity index is 834. The smallest absolute Gasteiger partial charge is 0.239 e. The largest absolute Gasteiger partial charge is 0.349 e. The standard InChI is InChI=1S/C21H21F2N3O2/c22-16-5-1-14(2-6-16)21(15-3-7-17(23)8-4-15)9-10-26(20(21)28)13-19(27)25-18-11-24-12-18/h1-8,18,24H,9-13H2,(H,25,27). The molecule has 2 aliphatic heterocycles. The molecule has 0 spiro atoms. The van der Waals surface area contributed by atoms with Gasteiger partial charge in [0, 0.05) is 19.6 Å². The molecular weight excluding hydrogens is 364 g/mol. The van der Waals surface area contributed by atoms with Gasteiger partial charge in [0.25, 0.3) is 0 Å². The molecule has 28 heavy (non-hydrogen) atoms. The highest BCUT2D eigenvalue weighted by molar-refractivity contribution is 5.96. The Hall–Kier alpha value is -2.80. The molecule has 0 saturated carbocycles. The van der Waals surface area contributed by atoms with Crippen LogP contribution in [0.2, 0.25) is 0 Å². The van der Waals surface area contributed by atoms with E-state index in [0.717, 1.165) is 13.1 Å². The minimum Gasteiger partial charge on any atom is -0.349 e. The monoisotopic (exact) mass is 385 g/mol. The van der Waals surface area contributed by atoms with Gasteiger partial charge in [-0.1, -0.05) is 24.3 Å². The van der Waals surface area contributed by atoms with Crippen molar-refractivity contribution in [2.75, 3.05) is 26.2 Å². The Morgan fingerprint density at radius 2 is 1.57 bits per heavy atom. The lowest BCUT2D eigenvalue weighted by molar-refractivity contribution is -0.135. The summed E-state index contributed by atoms with van der Waals surface area (Å²) in [5.41, 5.74) is 0.216. The van der Waals surface area contributed by atoms with Crippen LogP contribution < -0.4 is 10.6 Å². The van der Waals surface area contributed by atoms with E-state index in [2.05, 4.69) is 10.6 Å². The van der Waals surface area contributed by atoms with Crippen LogP contribution in [0, 0.1) is 11.6 Å². The molecule has 2 amide bonds. The molecule has 2 saturated heterocycles. The van der Waals surface area contributed by atoms with Gasteiger partial charge < -0.3 is 15.5 Å². The molecule has 2 aromatic rings. The molecule has 2 heterocycles. The second-order valence-corrected chi connectivity index (χ2v) is 7.32. The zero-order valence-electron chi connectivity index (χ0n) is 15.3. The zero-order chi connectivity index (χ0) is 19.7. The average Bonchev–Trinajstić information content (AvgIpc) is 2.97. The number of hydrogen-bond donors (Lipinski definition) is 2. The normalized spacial score (nSPS) is 18.8. The lowest BCUT2D eigenvalue weighted by Crippen LogP contribution is -2.58. The van der Waals surface area contributed by atoms with Gasteiger partial charge in [0.05, 0.1) is 12.6 Å². The van der Waals surface area contributed by atoms with Crippen molar-refractivity contribution in [3.05, 3.63) is 71.3 Å². The summed E-state index contributed by atoms with van der Waals surface area (Å²) < 4.78 is 26.9. The first-order valence-electron chi connectivity index (χ1n) is 9.30. The Morgan fingerprint density at radius 1 is 1.04 bits per heavy atom. The van der Waals surface area contributed by atoms with Gasteiger partial charge in [-0.05, 0) is 41.8 Å². The third kappa shape index (κ3) is 3.26. The highest BCUT2D eigenvalue weighted by Gasteiger charge is 2.49. The molecule has 0 atom stereocenters. The van der Waals surface area contributed by atoms with E-state index in [1.807, 2.05) is 0 Å². The van der Waals surface area contributed by atoms with E-state index in [-0.39, 0.29) is 24.4 Å². The Kier molecular flexibility index (Phi) is 4.85. The first-order chi connectivity index (χ1) is 13.5. The highest BCUT2D eigenvalue weighted by atomic mass is 19.1. The van der Waals surface area contributed by atoms with Crippen molar-refractivity contribution in [1.82, 2.24) is 15.5 Å². The molecule has 4 rings (SSSR count). The van der Waals surface area contributed by atoms with E-state index in [0.29, 0.717) is 24.1 Å². The number of rotatable bonds is 5. The van der Waals surface area contributed by atoms with Crippen molar-refractivity contribution in [2.45, 2.75) is 17.9 Å². The number of halogens is 2. The van der Waals surface area contributed by atoms with E-state index < -0.39 is 17.0 Å². The summed E-state index contributed by atoms with van der Waals surface area (Å²) in [6.45, 7) is 1.83. The Morgan fingerprint density at radius 3 is 2.04 bits per heavy atom. The van der Waals surface area contributed by atoms with E-state index in [4.69, 9.17) is 0 Å². The summed E-state index contributed by atoms with van der Waals surface area (Å²) in [4.78, 5) is 27.3. The van der Waals surface area contributed by atoms with Crippen LogP contribution in [0.4, 0.5) is 8.78 Å². The second kappa shape index (κ2) is 7.31. The van der Waals surface area contributed by atoms with E-state index >= 15 is 0 Å². The van der Waals surface area contributed by atoms with Crippen molar-refractivity contribution in [3.8, 4) is 0 Å². The molecule has 7 heteroatoms. The lowest BCUT2D eigenvalue weighted by atomic mass is 9.73. The van der Waals surface area contributed by atoms with Crippen molar-refractivity contribution in [1.29, 1.82) is 0 Å². The fourth-order valence-electron chi connectivity index (χ4n) is 3.94. The molecule has 0 unspecified atom stereocenters.